The number of carbonyl (C=O) groups excluding carboxylic acids is 3. The first-order valence-corrected chi connectivity index (χ1v) is 14.2. The molecule has 0 aliphatic carbocycles. The van der Waals surface area contributed by atoms with Crippen LogP contribution in [0.3, 0.4) is 0 Å². The van der Waals surface area contributed by atoms with E-state index < -0.39 is 12.0 Å². The lowest BCUT2D eigenvalue weighted by Gasteiger charge is -2.31. The quantitative estimate of drug-likeness (QED) is 0.229. The molecule has 3 atom stereocenters. The highest BCUT2D eigenvalue weighted by molar-refractivity contribution is 5.98. The minimum Gasteiger partial charge on any atom is -0.464 e. The third kappa shape index (κ3) is 6.43. The molecule has 2 aromatic rings. The molecule has 10 heteroatoms. The molecule has 1 aromatic heterocycles. The predicted molar refractivity (Wildman–Crippen MR) is 151 cm³/mol. The molecule has 2 fully saturated rings. The van der Waals surface area contributed by atoms with Gasteiger partial charge in [-0.05, 0) is 83.4 Å². The molecule has 3 heterocycles. The maximum absolute atomic E-state index is 13.7. The van der Waals surface area contributed by atoms with Crippen molar-refractivity contribution in [3.05, 3.63) is 35.5 Å². The summed E-state index contributed by atoms with van der Waals surface area (Å²) in [5, 5.41) is 11.6. The van der Waals surface area contributed by atoms with Crippen LogP contribution in [-0.2, 0) is 32.1 Å². The molecular formula is C29H42N6O4. The van der Waals surface area contributed by atoms with Gasteiger partial charge < -0.3 is 25.3 Å². The maximum Gasteiger partial charge on any atom is 0.328 e. The van der Waals surface area contributed by atoms with Gasteiger partial charge in [0.15, 0.2) is 0 Å². The van der Waals surface area contributed by atoms with Crippen molar-refractivity contribution in [3.8, 4) is 0 Å². The summed E-state index contributed by atoms with van der Waals surface area (Å²) in [5.74, 6) is -0.549. The number of carbonyl (C=O) groups is 3. The van der Waals surface area contributed by atoms with Gasteiger partial charge in [0.25, 0.3) is 0 Å². The highest BCUT2D eigenvalue weighted by atomic mass is 16.5. The number of nitrogens with zero attached hydrogens (tertiary/aromatic N) is 3. The zero-order chi connectivity index (χ0) is 28.1. The fourth-order valence-electron chi connectivity index (χ4n) is 6.08. The standard InChI is InChI=1S/C29H42N6O4/c1-4-34-23(16-20-10-11-21(27(30)31)17-25(20)34)13-12-22-8-6-15-35(22)28(37)24-9-7-14-33(24)18-26(36)32-19(3)29(38)39-5-2/h10-11,16-17,19,22,24H,4-9,12-15,18H2,1-3H3,(H3,30,31)(H,32,36)/t19-,22-,24+/m0/s1. The molecule has 2 saturated heterocycles. The number of likely N-dealkylation sites (tertiary alicyclic amines) is 2. The number of esters is 1. The Hall–Kier alpha value is -3.40. The van der Waals surface area contributed by atoms with E-state index >= 15 is 0 Å². The van der Waals surface area contributed by atoms with Crippen molar-refractivity contribution >= 4 is 34.5 Å². The third-order valence-corrected chi connectivity index (χ3v) is 8.02. The van der Waals surface area contributed by atoms with Crippen LogP contribution in [0.5, 0.6) is 0 Å². The SMILES string of the molecule is CCOC(=O)[C@H](C)NC(=O)CN1CCC[C@@H]1C(=O)N1CCC[C@H]1CCc1cc2ccc(C(=N)N)cc2n1CC. The molecule has 212 valence electrons. The average molecular weight is 539 g/mol. The van der Waals surface area contributed by atoms with Crippen LogP contribution in [0.4, 0.5) is 0 Å². The monoisotopic (exact) mass is 538 g/mol. The van der Waals surface area contributed by atoms with Crippen LogP contribution in [0.25, 0.3) is 10.9 Å². The van der Waals surface area contributed by atoms with Gasteiger partial charge in [0, 0.05) is 35.9 Å². The van der Waals surface area contributed by atoms with Gasteiger partial charge in [0.1, 0.15) is 11.9 Å². The second kappa shape index (κ2) is 12.6. The summed E-state index contributed by atoms with van der Waals surface area (Å²) in [7, 11) is 0. The Bertz CT molecular complexity index is 1220. The van der Waals surface area contributed by atoms with Gasteiger partial charge in [-0.15, -0.1) is 0 Å². The highest BCUT2D eigenvalue weighted by Gasteiger charge is 2.38. The summed E-state index contributed by atoms with van der Waals surface area (Å²) in [6, 6.07) is 7.25. The number of aromatic nitrogens is 1. The highest BCUT2D eigenvalue weighted by Crippen LogP contribution is 2.28. The van der Waals surface area contributed by atoms with E-state index in [4.69, 9.17) is 15.9 Å². The fraction of sp³-hybridized carbons (Fsp3) is 0.586. The van der Waals surface area contributed by atoms with Crippen LogP contribution in [0.1, 0.15) is 64.1 Å². The largest absolute Gasteiger partial charge is 0.464 e. The van der Waals surface area contributed by atoms with Crippen LogP contribution in [0.15, 0.2) is 24.3 Å². The van der Waals surface area contributed by atoms with Gasteiger partial charge in [0.05, 0.1) is 19.2 Å². The van der Waals surface area contributed by atoms with E-state index in [-0.39, 0.29) is 42.9 Å². The molecule has 0 radical (unpaired) electrons. The maximum atomic E-state index is 13.7. The van der Waals surface area contributed by atoms with Crippen LogP contribution in [0.2, 0.25) is 0 Å². The lowest BCUT2D eigenvalue weighted by Crippen LogP contribution is -2.51. The van der Waals surface area contributed by atoms with Gasteiger partial charge in [-0.25, -0.2) is 4.79 Å². The third-order valence-electron chi connectivity index (χ3n) is 8.02. The Morgan fingerprint density at radius 1 is 1.15 bits per heavy atom. The Balaban J connectivity index is 1.38. The van der Waals surface area contributed by atoms with Gasteiger partial charge in [-0.3, -0.25) is 19.9 Å². The summed E-state index contributed by atoms with van der Waals surface area (Å²) in [6.07, 6.45) is 5.32. The van der Waals surface area contributed by atoms with Crippen LogP contribution >= 0.6 is 0 Å². The second-order valence-corrected chi connectivity index (χ2v) is 10.6. The number of nitrogen functional groups attached to an aromatic ring is 1. The number of benzene rings is 1. The van der Waals surface area contributed by atoms with E-state index in [9.17, 15) is 14.4 Å². The molecule has 2 aliphatic heterocycles. The van der Waals surface area contributed by atoms with Crippen LogP contribution in [-0.4, -0.2) is 82.4 Å². The predicted octanol–water partition coefficient (Wildman–Crippen LogP) is 2.40. The van der Waals surface area contributed by atoms with Gasteiger partial charge >= 0.3 is 5.97 Å². The van der Waals surface area contributed by atoms with Crippen molar-refractivity contribution in [2.75, 3.05) is 26.2 Å². The van der Waals surface area contributed by atoms with Crippen molar-refractivity contribution < 1.29 is 19.1 Å². The summed E-state index contributed by atoms with van der Waals surface area (Å²) >= 11 is 0. The molecule has 0 unspecified atom stereocenters. The van der Waals surface area contributed by atoms with Crippen molar-refractivity contribution in [1.82, 2.24) is 19.7 Å². The number of ether oxygens (including phenoxy) is 1. The summed E-state index contributed by atoms with van der Waals surface area (Å²) in [5.41, 5.74) is 8.74. The summed E-state index contributed by atoms with van der Waals surface area (Å²) in [4.78, 5) is 42.2. The van der Waals surface area contributed by atoms with Crippen molar-refractivity contribution in [2.24, 2.45) is 5.73 Å². The molecule has 39 heavy (non-hydrogen) atoms. The molecule has 2 amide bonds. The van der Waals surface area contributed by atoms with E-state index in [2.05, 4.69) is 22.9 Å². The molecular weight excluding hydrogens is 496 g/mol. The minimum atomic E-state index is -0.718. The number of hydrogen-bond acceptors (Lipinski definition) is 6. The number of amides is 2. The molecule has 2 aliphatic rings. The van der Waals surface area contributed by atoms with Crippen LogP contribution < -0.4 is 11.1 Å². The van der Waals surface area contributed by atoms with E-state index in [1.165, 1.54) is 5.69 Å². The number of nitrogens with two attached hydrogens (primary N) is 1. The zero-order valence-corrected chi connectivity index (χ0v) is 23.4. The molecule has 4 N–H and O–H groups in total. The number of nitrogens with one attached hydrogen (secondary N) is 2. The van der Waals surface area contributed by atoms with Gasteiger partial charge in [-0.2, -0.15) is 0 Å². The van der Waals surface area contributed by atoms with E-state index in [1.807, 2.05) is 28.0 Å². The average Bonchev–Trinajstić information content (AvgIpc) is 3.64. The van der Waals surface area contributed by atoms with Crippen LogP contribution in [0, 0.1) is 5.41 Å². The first kappa shape index (κ1) is 28.6. The molecule has 0 bridgehead atoms. The summed E-state index contributed by atoms with van der Waals surface area (Å²) in [6.45, 7) is 8.07. The van der Waals surface area contributed by atoms with Crippen molar-refractivity contribution in [2.45, 2.75) is 84.0 Å². The number of fused-ring (bicyclic) bond motifs is 1. The smallest absolute Gasteiger partial charge is 0.328 e. The Morgan fingerprint density at radius 2 is 1.92 bits per heavy atom. The Labute approximate surface area is 230 Å². The van der Waals surface area contributed by atoms with Crippen molar-refractivity contribution in [1.29, 1.82) is 5.41 Å². The second-order valence-electron chi connectivity index (χ2n) is 10.6. The van der Waals surface area contributed by atoms with E-state index in [0.717, 1.165) is 68.1 Å². The normalized spacial score (nSPS) is 20.3. The molecule has 0 spiro atoms. The van der Waals surface area contributed by atoms with Gasteiger partial charge in [0.2, 0.25) is 11.8 Å². The summed E-state index contributed by atoms with van der Waals surface area (Å²) < 4.78 is 7.25. The molecule has 1 aromatic carbocycles. The minimum absolute atomic E-state index is 0.0642. The molecule has 10 nitrogen and oxygen atoms in total. The number of rotatable bonds is 11. The topological polar surface area (TPSA) is 134 Å². The lowest BCUT2D eigenvalue weighted by atomic mass is 10.1. The number of hydrogen-bond donors (Lipinski definition) is 3. The molecule has 0 saturated carbocycles. The zero-order valence-electron chi connectivity index (χ0n) is 23.4. The van der Waals surface area contributed by atoms with E-state index in [0.29, 0.717) is 6.54 Å². The van der Waals surface area contributed by atoms with Crippen molar-refractivity contribution in [3.63, 3.8) is 0 Å². The Morgan fingerprint density at radius 3 is 2.64 bits per heavy atom. The Kier molecular flexibility index (Phi) is 9.27. The van der Waals surface area contributed by atoms with Gasteiger partial charge in [-0.1, -0.05) is 12.1 Å². The van der Waals surface area contributed by atoms with E-state index in [1.54, 1.807) is 13.8 Å². The first-order valence-electron chi connectivity index (χ1n) is 14.2. The first-order chi connectivity index (χ1) is 18.7. The number of aryl methyl sites for hydroxylation is 2. The number of amidine groups is 1. The molecule has 4 rings (SSSR count). The fourth-order valence-corrected chi connectivity index (χ4v) is 6.08. The lowest BCUT2D eigenvalue weighted by molar-refractivity contribution is -0.147.